The van der Waals surface area contributed by atoms with E-state index in [1.807, 2.05) is 6.08 Å². The maximum Gasteiger partial charge on any atom is 0.0267 e. The fourth-order valence-electron chi connectivity index (χ4n) is 0.700. The Morgan fingerprint density at radius 3 is 2.33 bits per heavy atom. The molecule has 0 unspecified atom stereocenters. The monoisotopic (exact) mass is 167 g/mol. The molecule has 0 radical (unpaired) electrons. The number of hydrogen-bond acceptors (Lipinski definition) is 1. The Hall–Kier alpha value is -0.720. The molecule has 0 fully saturated rings. The van der Waals surface area contributed by atoms with Gasteiger partial charge in [-0.2, -0.15) is 0 Å². The molecule has 0 aromatic heterocycles. The Kier molecular flexibility index (Phi) is 4.08. The molecule has 0 aliphatic rings. The molecule has 0 heterocycles. The first-order valence-electron chi connectivity index (χ1n) is 4.48. The van der Waals surface area contributed by atoms with E-state index in [9.17, 15) is 0 Å². The van der Waals surface area contributed by atoms with Crippen LogP contribution in [0.5, 0.6) is 0 Å². The smallest absolute Gasteiger partial charge is 0.0267 e. The van der Waals surface area contributed by atoms with E-state index in [1.165, 1.54) is 0 Å². The molecular weight excluding hydrogens is 146 g/mol. The van der Waals surface area contributed by atoms with Gasteiger partial charge in [-0.3, -0.25) is 0 Å². The van der Waals surface area contributed by atoms with Crippen LogP contribution in [-0.4, -0.2) is 0 Å². The lowest BCUT2D eigenvalue weighted by molar-refractivity contribution is 0.253. The summed E-state index contributed by atoms with van der Waals surface area (Å²) in [5.74, 6) is 0.673. The Bertz CT molecular complexity index is 175. The Labute approximate surface area is 76.3 Å². The van der Waals surface area contributed by atoms with Crippen LogP contribution in [-0.2, 0) is 0 Å². The highest BCUT2D eigenvalue weighted by atomic mass is 14.5. The Morgan fingerprint density at radius 2 is 2.00 bits per heavy atom. The van der Waals surface area contributed by atoms with Gasteiger partial charge in [0.2, 0.25) is 0 Å². The van der Waals surface area contributed by atoms with Crippen LogP contribution in [0.15, 0.2) is 24.4 Å². The minimum Gasteiger partial charge on any atom is -0.399 e. The molecule has 0 saturated carbocycles. The van der Waals surface area contributed by atoms with Crippen molar-refractivity contribution in [1.82, 2.24) is 0 Å². The normalized spacial score (nSPS) is 13.6. The van der Waals surface area contributed by atoms with Crippen molar-refractivity contribution in [3.63, 3.8) is 0 Å². The van der Waals surface area contributed by atoms with E-state index in [2.05, 4.69) is 34.3 Å². The summed E-state index contributed by atoms with van der Waals surface area (Å²) in [4.78, 5) is 0. The fraction of sp³-hybridized carbons (Fsp3) is 0.636. The third-order valence-electron chi connectivity index (χ3n) is 2.66. The Morgan fingerprint density at radius 1 is 1.50 bits per heavy atom. The second kappa shape index (κ2) is 4.34. The van der Waals surface area contributed by atoms with Gasteiger partial charge >= 0.3 is 0 Å². The van der Waals surface area contributed by atoms with Crippen molar-refractivity contribution in [3.8, 4) is 0 Å². The van der Waals surface area contributed by atoms with Gasteiger partial charge in [0, 0.05) is 5.70 Å². The molecule has 0 spiro atoms. The maximum absolute atomic E-state index is 5.62. The van der Waals surface area contributed by atoms with Gasteiger partial charge in [0.1, 0.15) is 0 Å². The summed E-state index contributed by atoms with van der Waals surface area (Å²) in [6.45, 7) is 12.6. The molecular formula is C11H21N. The number of allylic oxidation sites excluding steroid dienone is 2. The van der Waals surface area contributed by atoms with Gasteiger partial charge in [0.25, 0.3) is 0 Å². The number of nitrogens with two attached hydrogens (primary N) is 1. The summed E-state index contributed by atoms with van der Waals surface area (Å²) in [5, 5.41) is 0. The third kappa shape index (κ3) is 3.61. The molecule has 1 heteroatoms. The van der Waals surface area contributed by atoms with Gasteiger partial charge in [-0.25, -0.2) is 0 Å². The lowest BCUT2D eigenvalue weighted by atomic mass is 9.78. The predicted octanol–water partition coefficient (Wildman–Crippen LogP) is 3.09. The highest BCUT2D eigenvalue weighted by Gasteiger charge is 2.20. The van der Waals surface area contributed by atoms with Crippen LogP contribution in [0.3, 0.4) is 0 Å². The predicted molar refractivity (Wildman–Crippen MR) is 55.7 cm³/mol. The minimum atomic E-state index is 0.327. The number of rotatable bonds is 4. The van der Waals surface area contributed by atoms with Gasteiger partial charge < -0.3 is 5.73 Å². The largest absolute Gasteiger partial charge is 0.399 e. The summed E-state index contributed by atoms with van der Waals surface area (Å²) in [6, 6.07) is 0. The lowest BCUT2D eigenvalue weighted by Gasteiger charge is -2.27. The molecule has 0 aliphatic carbocycles. The van der Waals surface area contributed by atoms with E-state index >= 15 is 0 Å². The summed E-state index contributed by atoms with van der Waals surface area (Å²) in [7, 11) is 0. The lowest BCUT2D eigenvalue weighted by Crippen LogP contribution is -2.18. The maximum atomic E-state index is 5.62. The molecule has 0 aliphatic heterocycles. The van der Waals surface area contributed by atoms with E-state index in [1.54, 1.807) is 6.08 Å². The molecule has 0 amide bonds. The van der Waals surface area contributed by atoms with Crippen molar-refractivity contribution in [2.75, 3.05) is 0 Å². The molecule has 2 N–H and O–H groups in total. The SMILES string of the molecule is C=C/C(N)=C\CC(C)(C)C(C)C. The average Bonchev–Trinajstić information content (AvgIpc) is 2.00. The van der Waals surface area contributed by atoms with Crippen molar-refractivity contribution in [2.24, 2.45) is 17.1 Å². The van der Waals surface area contributed by atoms with Crippen LogP contribution in [0.25, 0.3) is 0 Å². The summed E-state index contributed by atoms with van der Waals surface area (Å²) in [5.41, 5.74) is 6.73. The zero-order valence-electron chi connectivity index (χ0n) is 8.72. The molecule has 12 heavy (non-hydrogen) atoms. The molecule has 0 aromatic carbocycles. The first kappa shape index (κ1) is 11.3. The zero-order valence-corrected chi connectivity index (χ0v) is 8.72. The first-order chi connectivity index (χ1) is 5.40. The van der Waals surface area contributed by atoms with Crippen LogP contribution < -0.4 is 5.73 Å². The highest BCUT2D eigenvalue weighted by molar-refractivity contribution is 5.11. The second-order valence-corrected chi connectivity index (χ2v) is 4.26. The van der Waals surface area contributed by atoms with Crippen molar-refractivity contribution < 1.29 is 0 Å². The van der Waals surface area contributed by atoms with E-state index in [0.717, 1.165) is 12.1 Å². The molecule has 0 atom stereocenters. The van der Waals surface area contributed by atoms with E-state index in [0.29, 0.717) is 11.3 Å². The molecule has 70 valence electrons. The van der Waals surface area contributed by atoms with Crippen molar-refractivity contribution in [2.45, 2.75) is 34.1 Å². The summed E-state index contributed by atoms with van der Waals surface area (Å²) in [6.07, 6.45) is 4.76. The third-order valence-corrected chi connectivity index (χ3v) is 2.66. The van der Waals surface area contributed by atoms with Gasteiger partial charge in [-0.15, -0.1) is 0 Å². The second-order valence-electron chi connectivity index (χ2n) is 4.26. The van der Waals surface area contributed by atoms with Crippen molar-refractivity contribution in [3.05, 3.63) is 24.4 Å². The first-order valence-corrected chi connectivity index (χ1v) is 4.48. The van der Waals surface area contributed by atoms with Crippen molar-refractivity contribution >= 4 is 0 Å². The fourth-order valence-corrected chi connectivity index (χ4v) is 0.700. The average molecular weight is 167 g/mol. The van der Waals surface area contributed by atoms with E-state index in [-0.39, 0.29) is 0 Å². The van der Waals surface area contributed by atoms with Gasteiger partial charge in [-0.05, 0) is 23.8 Å². The molecule has 1 nitrogen and oxygen atoms in total. The van der Waals surface area contributed by atoms with Gasteiger partial charge in [-0.1, -0.05) is 40.3 Å². The molecule has 0 rings (SSSR count). The topological polar surface area (TPSA) is 26.0 Å². The van der Waals surface area contributed by atoms with Gasteiger partial charge in [0.05, 0.1) is 0 Å². The highest BCUT2D eigenvalue weighted by Crippen LogP contribution is 2.30. The van der Waals surface area contributed by atoms with Crippen LogP contribution in [0.4, 0.5) is 0 Å². The van der Waals surface area contributed by atoms with Crippen molar-refractivity contribution in [1.29, 1.82) is 0 Å². The van der Waals surface area contributed by atoms with Crippen LogP contribution >= 0.6 is 0 Å². The molecule has 0 aromatic rings. The standard InChI is InChI=1S/C11H21N/c1-6-10(12)7-8-11(4,5)9(2)3/h6-7,9H,1,8,12H2,2-5H3/b10-7+. The van der Waals surface area contributed by atoms with Gasteiger partial charge in [0.15, 0.2) is 0 Å². The Balaban J connectivity index is 4.16. The summed E-state index contributed by atoms with van der Waals surface area (Å²) < 4.78 is 0. The van der Waals surface area contributed by atoms with Crippen LogP contribution in [0.2, 0.25) is 0 Å². The summed E-state index contributed by atoms with van der Waals surface area (Å²) >= 11 is 0. The molecule has 0 saturated heterocycles. The minimum absolute atomic E-state index is 0.327. The number of hydrogen-bond donors (Lipinski definition) is 1. The van der Waals surface area contributed by atoms with Crippen LogP contribution in [0, 0.1) is 11.3 Å². The van der Waals surface area contributed by atoms with Crippen LogP contribution in [0.1, 0.15) is 34.1 Å². The van der Waals surface area contributed by atoms with E-state index in [4.69, 9.17) is 5.73 Å². The molecule has 0 bridgehead atoms. The van der Waals surface area contributed by atoms with E-state index < -0.39 is 0 Å². The zero-order chi connectivity index (χ0) is 9.78. The quantitative estimate of drug-likeness (QED) is 0.640.